The molecular weight excluding hydrogens is 248 g/mol. The zero-order chi connectivity index (χ0) is 15.1. The van der Waals surface area contributed by atoms with E-state index in [9.17, 15) is 14.7 Å². The van der Waals surface area contributed by atoms with Crippen molar-refractivity contribution < 1.29 is 19.4 Å². The smallest absolute Gasteiger partial charge is 0.245 e. The number of hydrogen-bond acceptors (Lipinski definition) is 4. The first-order valence-electron chi connectivity index (χ1n) is 6.10. The van der Waals surface area contributed by atoms with E-state index in [2.05, 4.69) is 10.6 Å². The summed E-state index contributed by atoms with van der Waals surface area (Å²) in [6.07, 6.45) is 2.76. The molecule has 0 heterocycles. The third kappa shape index (κ3) is 10.2. The van der Waals surface area contributed by atoms with E-state index in [1.54, 1.807) is 0 Å². The van der Waals surface area contributed by atoms with Crippen LogP contribution in [-0.4, -0.2) is 36.4 Å². The van der Waals surface area contributed by atoms with Gasteiger partial charge in [-0.2, -0.15) is 0 Å². The highest BCUT2D eigenvalue weighted by Crippen LogP contribution is 2.22. The number of nitrogens with one attached hydrogen (secondary N) is 2. The molecular formula is C13H24N2O4. The van der Waals surface area contributed by atoms with E-state index in [0.29, 0.717) is 0 Å². The minimum Gasteiger partial charge on any atom is -0.366 e. The Kier molecular flexibility index (Phi) is 6.72. The van der Waals surface area contributed by atoms with Crippen LogP contribution in [0.2, 0.25) is 0 Å². The predicted molar refractivity (Wildman–Crippen MR) is 72.0 cm³/mol. The van der Waals surface area contributed by atoms with Crippen LogP contribution in [0.1, 0.15) is 34.1 Å². The van der Waals surface area contributed by atoms with E-state index in [1.165, 1.54) is 33.2 Å². The molecule has 6 nitrogen and oxygen atoms in total. The zero-order valence-corrected chi connectivity index (χ0v) is 12.2. The summed E-state index contributed by atoms with van der Waals surface area (Å²) in [7, 11) is 1.51. The minimum absolute atomic E-state index is 0.218. The molecule has 0 bridgehead atoms. The predicted octanol–water partition coefficient (Wildman–Crippen LogP) is 0.524. The van der Waals surface area contributed by atoms with Crippen molar-refractivity contribution in [3.05, 3.63) is 12.3 Å². The van der Waals surface area contributed by atoms with Crippen molar-refractivity contribution in [2.75, 3.05) is 13.7 Å². The Morgan fingerprint density at radius 1 is 1.26 bits per heavy atom. The average Bonchev–Trinajstić information content (AvgIpc) is 2.25. The van der Waals surface area contributed by atoms with Crippen LogP contribution >= 0.6 is 0 Å². The molecule has 0 saturated carbocycles. The van der Waals surface area contributed by atoms with Crippen molar-refractivity contribution >= 4 is 11.8 Å². The van der Waals surface area contributed by atoms with E-state index in [-0.39, 0.29) is 24.8 Å². The number of hydrogen-bond donors (Lipinski definition) is 3. The second kappa shape index (κ2) is 7.25. The summed E-state index contributed by atoms with van der Waals surface area (Å²) in [6.45, 7) is 7.05. The minimum atomic E-state index is -1.22. The number of aliphatic hydroxyl groups is 1. The van der Waals surface area contributed by atoms with Crippen molar-refractivity contribution in [2.24, 2.45) is 5.41 Å². The Labute approximate surface area is 114 Å². The molecule has 0 aromatic heterocycles. The molecule has 0 aromatic carbocycles. The van der Waals surface area contributed by atoms with Gasteiger partial charge in [-0.05, 0) is 19.3 Å². The molecule has 2 amide bonds. The molecule has 0 fully saturated rings. The van der Waals surface area contributed by atoms with Crippen LogP contribution in [0.15, 0.2) is 12.3 Å². The Bertz CT molecular complexity index is 343. The van der Waals surface area contributed by atoms with Gasteiger partial charge in [0.15, 0.2) is 5.79 Å². The normalized spacial score (nSPS) is 12.5. The van der Waals surface area contributed by atoms with E-state index >= 15 is 0 Å². The zero-order valence-electron chi connectivity index (χ0n) is 12.2. The molecule has 19 heavy (non-hydrogen) atoms. The molecule has 110 valence electrons. The van der Waals surface area contributed by atoms with Gasteiger partial charge in [0.2, 0.25) is 11.8 Å². The third-order valence-corrected chi connectivity index (χ3v) is 2.18. The van der Waals surface area contributed by atoms with Crippen LogP contribution in [0, 0.1) is 5.41 Å². The number of amides is 2. The summed E-state index contributed by atoms with van der Waals surface area (Å²) in [4.78, 5) is 22.5. The van der Waals surface area contributed by atoms with Crippen molar-refractivity contribution in [2.45, 2.75) is 39.9 Å². The van der Waals surface area contributed by atoms with Crippen molar-refractivity contribution in [1.82, 2.24) is 10.6 Å². The molecule has 3 N–H and O–H groups in total. The van der Waals surface area contributed by atoms with Gasteiger partial charge in [-0.3, -0.25) is 9.59 Å². The number of likely N-dealkylation sites (N-methyl/N-ethyl adjacent to an activating group) is 1. The molecule has 0 saturated heterocycles. The van der Waals surface area contributed by atoms with Crippen LogP contribution in [0.5, 0.6) is 0 Å². The van der Waals surface area contributed by atoms with E-state index in [4.69, 9.17) is 4.74 Å². The van der Waals surface area contributed by atoms with Gasteiger partial charge in [-0.15, -0.1) is 0 Å². The highest BCUT2D eigenvalue weighted by molar-refractivity contribution is 5.88. The third-order valence-electron chi connectivity index (χ3n) is 2.18. The summed E-state index contributed by atoms with van der Waals surface area (Å²) >= 11 is 0. The van der Waals surface area contributed by atoms with Gasteiger partial charge in [0.25, 0.3) is 0 Å². The summed E-state index contributed by atoms with van der Waals surface area (Å²) in [5.74, 6) is -1.72. The first-order valence-corrected chi connectivity index (χ1v) is 6.10. The first kappa shape index (κ1) is 17.6. The van der Waals surface area contributed by atoms with Gasteiger partial charge in [-0.1, -0.05) is 13.8 Å². The van der Waals surface area contributed by atoms with E-state index in [0.717, 1.165) is 0 Å². The lowest BCUT2D eigenvalue weighted by molar-refractivity contribution is -0.192. The van der Waals surface area contributed by atoms with Crippen LogP contribution in [0.3, 0.4) is 0 Å². The van der Waals surface area contributed by atoms with Gasteiger partial charge in [0.05, 0.1) is 6.61 Å². The molecule has 0 aliphatic heterocycles. The van der Waals surface area contributed by atoms with Crippen LogP contribution < -0.4 is 10.6 Å². The number of ether oxygens (including phenoxy) is 1. The standard InChI is InChI=1S/C13H24N2O4/c1-12(2,9-19-13(3,4)18)8-11(17)15-7-6-10(16)14-5/h6-7,18H,8-9H2,1-5H3,(H,14,16)(H,15,17)/b7-6+. The van der Waals surface area contributed by atoms with Gasteiger partial charge in [0, 0.05) is 25.7 Å². The average molecular weight is 272 g/mol. The van der Waals surface area contributed by atoms with Crippen molar-refractivity contribution in [1.29, 1.82) is 0 Å². The summed E-state index contributed by atoms with van der Waals surface area (Å²) in [5, 5.41) is 14.4. The highest BCUT2D eigenvalue weighted by Gasteiger charge is 2.25. The fraction of sp³-hybridized carbons (Fsp3) is 0.692. The fourth-order valence-corrected chi connectivity index (χ4v) is 1.20. The lowest BCUT2D eigenvalue weighted by atomic mass is 9.90. The molecule has 0 aromatic rings. The number of carbonyl (C=O) groups excluding carboxylic acids is 2. The summed E-state index contributed by atoms with van der Waals surface area (Å²) < 4.78 is 5.25. The first-order chi connectivity index (χ1) is 8.56. The summed E-state index contributed by atoms with van der Waals surface area (Å²) in [5.41, 5.74) is -0.412. The highest BCUT2D eigenvalue weighted by atomic mass is 16.6. The summed E-state index contributed by atoms with van der Waals surface area (Å²) in [6, 6.07) is 0. The molecule has 0 aliphatic carbocycles. The van der Waals surface area contributed by atoms with E-state index in [1.807, 2.05) is 13.8 Å². The molecule has 0 aliphatic rings. The Morgan fingerprint density at radius 3 is 2.32 bits per heavy atom. The number of carbonyl (C=O) groups is 2. The fourth-order valence-electron chi connectivity index (χ4n) is 1.20. The van der Waals surface area contributed by atoms with Gasteiger partial charge >= 0.3 is 0 Å². The molecule has 0 atom stereocenters. The van der Waals surface area contributed by atoms with Crippen molar-refractivity contribution in [3.63, 3.8) is 0 Å². The quantitative estimate of drug-likeness (QED) is 0.466. The largest absolute Gasteiger partial charge is 0.366 e. The Morgan fingerprint density at radius 2 is 1.84 bits per heavy atom. The molecule has 0 unspecified atom stereocenters. The monoisotopic (exact) mass is 272 g/mol. The van der Waals surface area contributed by atoms with Crippen molar-refractivity contribution in [3.8, 4) is 0 Å². The second-order valence-corrected chi connectivity index (χ2v) is 5.59. The maximum atomic E-state index is 11.6. The lowest BCUT2D eigenvalue weighted by Crippen LogP contribution is -2.33. The SMILES string of the molecule is CNC(=O)/C=C/NC(=O)CC(C)(C)COC(C)(C)O. The van der Waals surface area contributed by atoms with Crippen LogP contribution in [-0.2, 0) is 14.3 Å². The number of rotatable bonds is 7. The molecule has 6 heteroatoms. The van der Waals surface area contributed by atoms with Gasteiger partial charge in [-0.25, -0.2) is 0 Å². The molecule has 0 spiro atoms. The van der Waals surface area contributed by atoms with Crippen LogP contribution in [0.25, 0.3) is 0 Å². The Hall–Kier alpha value is -1.40. The van der Waals surface area contributed by atoms with Gasteiger partial charge in [0.1, 0.15) is 0 Å². The second-order valence-electron chi connectivity index (χ2n) is 5.59. The molecule has 0 rings (SSSR count). The van der Waals surface area contributed by atoms with E-state index < -0.39 is 11.2 Å². The maximum Gasteiger partial charge on any atom is 0.245 e. The maximum absolute atomic E-state index is 11.6. The van der Waals surface area contributed by atoms with Crippen LogP contribution in [0.4, 0.5) is 0 Å². The lowest BCUT2D eigenvalue weighted by Gasteiger charge is -2.28. The molecule has 0 radical (unpaired) electrons. The topological polar surface area (TPSA) is 87.7 Å². The van der Waals surface area contributed by atoms with Gasteiger partial charge < -0.3 is 20.5 Å². The Balaban J connectivity index is 4.16.